The maximum Gasteiger partial charge on any atom is 0.326 e. The quantitative estimate of drug-likeness (QED) is 0.905. The minimum absolute atomic E-state index is 0.464. The zero-order chi connectivity index (χ0) is 13.8. The van der Waals surface area contributed by atoms with Gasteiger partial charge in [-0.2, -0.15) is 5.26 Å². The van der Waals surface area contributed by atoms with Gasteiger partial charge >= 0.3 is 5.97 Å². The lowest BCUT2D eigenvalue weighted by Crippen LogP contribution is -2.47. The van der Waals surface area contributed by atoms with Gasteiger partial charge < -0.3 is 10.0 Å². The van der Waals surface area contributed by atoms with Crippen molar-refractivity contribution in [2.45, 2.75) is 32.2 Å². The monoisotopic (exact) mass is 258 g/mol. The second kappa shape index (κ2) is 5.75. The van der Waals surface area contributed by atoms with Crippen LogP contribution in [0.3, 0.4) is 0 Å². The SMILES string of the molecule is CCC1CCN(c2ccccc2C#N)C(C(=O)O)C1. The Bertz CT molecular complexity index is 507. The molecule has 4 heteroatoms. The van der Waals surface area contributed by atoms with Gasteiger partial charge in [-0.15, -0.1) is 0 Å². The standard InChI is InChI=1S/C15H18N2O2/c1-2-11-7-8-17(14(9-11)15(18)19)13-6-4-3-5-12(13)10-16/h3-6,11,14H,2,7-9H2,1H3,(H,18,19). The van der Waals surface area contributed by atoms with Crippen LogP contribution < -0.4 is 4.90 Å². The zero-order valence-corrected chi connectivity index (χ0v) is 11.0. The number of carbonyl (C=O) groups is 1. The molecule has 0 aliphatic carbocycles. The van der Waals surface area contributed by atoms with Crippen molar-refractivity contribution in [3.05, 3.63) is 29.8 Å². The number of hydrogen-bond acceptors (Lipinski definition) is 3. The van der Waals surface area contributed by atoms with Crippen LogP contribution in [0.15, 0.2) is 24.3 Å². The number of para-hydroxylation sites is 1. The number of hydrogen-bond donors (Lipinski definition) is 1. The Morgan fingerprint density at radius 1 is 1.53 bits per heavy atom. The number of aliphatic carboxylic acids is 1. The van der Waals surface area contributed by atoms with Gasteiger partial charge in [0.1, 0.15) is 12.1 Å². The van der Waals surface area contributed by atoms with E-state index in [1.54, 1.807) is 12.1 Å². The number of anilines is 1. The van der Waals surface area contributed by atoms with Crippen LogP contribution in [0.4, 0.5) is 5.69 Å². The molecule has 0 amide bonds. The normalized spacial score (nSPS) is 22.8. The highest BCUT2D eigenvalue weighted by Gasteiger charge is 2.33. The largest absolute Gasteiger partial charge is 0.480 e. The van der Waals surface area contributed by atoms with E-state index in [2.05, 4.69) is 13.0 Å². The van der Waals surface area contributed by atoms with Crippen LogP contribution in [0.25, 0.3) is 0 Å². The lowest BCUT2D eigenvalue weighted by molar-refractivity contribution is -0.139. The molecule has 1 saturated heterocycles. The number of carboxylic acids is 1. The molecular formula is C15H18N2O2. The van der Waals surface area contributed by atoms with E-state index in [9.17, 15) is 9.90 Å². The molecule has 1 aliphatic heterocycles. The maximum atomic E-state index is 11.5. The topological polar surface area (TPSA) is 64.3 Å². The summed E-state index contributed by atoms with van der Waals surface area (Å²) in [5.41, 5.74) is 1.29. The summed E-state index contributed by atoms with van der Waals surface area (Å²) in [5, 5.41) is 18.6. The van der Waals surface area contributed by atoms with Gasteiger partial charge in [-0.05, 0) is 30.9 Å². The van der Waals surface area contributed by atoms with Crippen LogP contribution in [0, 0.1) is 17.2 Å². The van der Waals surface area contributed by atoms with E-state index in [-0.39, 0.29) is 0 Å². The van der Waals surface area contributed by atoms with Crippen molar-refractivity contribution in [1.29, 1.82) is 5.26 Å². The Morgan fingerprint density at radius 3 is 2.89 bits per heavy atom. The number of nitrogens with zero attached hydrogens (tertiary/aromatic N) is 2. The summed E-state index contributed by atoms with van der Waals surface area (Å²) in [4.78, 5) is 13.3. The predicted octanol–water partition coefficient (Wildman–Crippen LogP) is 2.64. The smallest absolute Gasteiger partial charge is 0.326 e. The molecule has 1 aliphatic rings. The molecule has 1 heterocycles. The molecule has 0 bridgehead atoms. The molecule has 1 N–H and O–H groups in total. The number of rotatable bonds is 3. The summed E-state index contributed by atoms with van der Waals surface area (Å²) in [5.74, 6) is -0.336. The van der Waals surface area contributed by atoms with Gasteiger partial charge in [0, 0.05) is 6.54 Å². The lowest BCUT2D eigenvalue weighted by Gasteiger charge is -2.38. The van der Waals surface area contributed by atoms with Gasteiger partial charge in [0.2, 0.25) is 0 Å². The third-order valence-corrected chi connectivity index (χ3v) is 3.91. The van der Waals surface area contributed by atoms with Crippen LogP contribution >= 0.6 is 0 Å². The second-order valence-electron chi connectivity index (χ2n) is 4.98. The zero-order valence-electron chi connectivity index (χ0n) is 11.0. The Morgan fingerprint density at radius 2 is 2.26 bits per heavy atom. The van der Waals surface area contributed by atoms with Crippen molar-refractivity contribution in [2.24, 2.45) is 5.92 Å². The van der Waals surface area contributed by atoms with E-state index in [4.69, 9.17) is 5.26 Å². The predicted molar refractivity (Wildman–Crippen MR) is 72.9 cm³/mol. The van der Waals surface area contributed by atoms with E-state index in [1.165, 1.54) is 0 Å². The van der Waals surface area contributed by atoms with Crippen molar-refractivity contribution in [3.63, 3.8) is 0 Å². The Labute approximate surface area is 113 Å². The molecular weight excluding hydrogens is 240 g/mol. The molecule has 0 spiro atoms. The van der Waals surface area contributed by atoms with Crippen molar-refractivity contribution in [3.8, 4) is 6.07 Å². The van der Waals surface area contributed by atoms with Gasteiger partial charge in [0.05, 0.1) is 11.3 Å². The molecule has 100 valence electrons. The highest BCUT2D eigenvalue weighted by atomic mass is 16.4. The van der Waals surface area contributed by atoms with E-state index >= 15 is 0 Å². The van der Waals surface area contributed by atoms with E-state index < -0.39 is 12.0 Å². The van der Waals surface area contributed by atoms with Gasteiger partial charge in [-0.25, -0.2) is 4.79 Å². The molecule has 4 nitrogen and oxygen atoms in total. The van der Waals surface area contributed by atoms with Gasteiger partial charge in [-0.3, -0.25) is 0 Å². The third-order valence-electron chi connectivity index (χ3n) is 3.91. The first kappa shape index (κ1) is 13.4. The van der Waals surface area contributed by atoms with Crippen LogP contribution in [0.5, 0.6) is 0 Å². The van der Waals surface area contributed by atoms with Crippen LogP contribution in [-0.2, 0) is 4.79 Å². The Kier molecular flexibility index (Phi) is 4.06. The van der Waals surface area contributed by atoms with Gasteiger partial charge in [0.25, 0.3) is 0 Å². The lowest BCUT2D eigenvalue weighted by atomic mass is 9.88. The molecule has 0 aromatic heterocycles. The molecule has 2 atom stereocenters. The van der Waals surface area contributed by atoms with Crippen LogP contribution in [0.1, 0.15) is 31.7 Å². The van der Waals surface area contributed by atoms with Crippen LogP contribution in [-0.4, -0.2) is 23.7 Å². The Hall–Kier alpha value is -2.02. The van der Waals surface area contributed by atoms with Crippen molar-refractivity contribution in [1.82, 2.24) is 0 Å². The van der Waals surface area contributed by atoms with Crippen LogP contribution in [0.2, 0.25) is 0 Å². The number of nitriles is 1. The summed E-state index contributed by atoms with van der Waals surface area (Å²) >= 11 is 0. The molecule has 2 unspecified atom stereocenters. The molecule has 19 heavy (non-hydrogen) atoms. The number of carboxylic acid groups (broad SMARTS) is 1. The number of piperidine rings is 1. The average Bonchev–Trinajstić information content (AvgIpc) is 2.46. The van der Waals surface area contributed by atoms with E-state index in [0.717, 1.165) is 18.5 Å². The van der Waals surface area contributed by atoms with E-state index in [1.807, 2.05) is 17.0 Å². The highest BCUT2D eigenvalue weighted by molar-refractivity contribution is 5.79. The maximum absolute atomic E-state index is 11.5. The van der Waals surface area contributed by atoms with Crippen molar-refractivity contribution in [2.75, 3.05) is 11.4 Å². The molecule has 0 radical (unpaired) electrons. The fraction of sp³-hybridized carbons (Fsp3) is 0.467. The first-order valence-corrected chi connectivity index (χ1v) is 6.66. The summed E-state index contributed by atoms with van der Waals surface area (Å²) in [6.07, 6.45) is 2.66. The third kappa shape index (κ3) is 2.70. The summed E-state index contributed by atoms with van der Waals surface area (Å²) in [7, 11) is 0. The molecule has 2 rings (SSSR count). The van der Waals surface area contributed by atoms with Crippen molar-refractivity contribution < 1.29 is 9.90 Å². The average molecular weight is 258 g/mol. The van der Waals surface area contributed by atoms with Gasteiger partial charge in [0.15, 0.2) is 0 Å². The summed E-state index contributed by atoms with van der Waals surface area (Å²) in [6.45, 7) is 2.80. The fourth-order valence-electron chi connectivity index (χ4n) is 2.75. The fourth-order valence-corrected chi connectivity index (χ4v) is 2.75. The molecule has 1 aromatic rings. The molecule has 0 saturated carbocycles. The number of benzene rings is 1. The first-order chi connectivity index (χ1) is 9.17. The summed E-state index contributed by atoms with van der Waals surface area (Å²) in [6, 6.07) is 8.84. The summed E-state index contributed by atoms with van der Waals surface area (Å²) < 4.78 is 0. The van der Waals surface area contributed by atoms with E-state index in [0.29, 0.717) is 24.4 Å². The van der Waals surface area contributed by atoms with Crippen molar-refractivity contribution >= 4 is 11.7 Å². The second-order valence-corrected chi connectivity index (χ2v) is 4.98. The Balaban J connectivity index is 2.32. The first-order valence-electron chi connectivity index (χ1n) is 6.66. The van der Waals surface area contributed by atoms with Gasteiger partial charge in [-0.1, -0.05) is 25.5 Å². The molecule has 1 aromatic carbocycles. The highest BCUT2D eigenvalue weighted by Crippen LogP contribution is 2.31. The minimum Gasteiger partial charge on any atom is -0.480 e. The molecule has 1 fully saturated rings. The minimum atomic E-state index is -0.800.